The zero-order chi connectivity index (χ0) is 36.3. The van der Waals surface area contributed by atoms with Gasteiger partial charge in [0, 0.05) is 24.6 Å². The van der Waals surface area contributed by atoms with Gasteiger partial charge in [-0.2, -0.15) is 0 Å². The van der Waals surface area contributed by atoms with Crippen LogP contribution in [-0.2, 0) is 23.7 Å². The fourth-order valence-corrected chi connectivity index (χ4v) is 7.37. The standard InChI is InChI=1S/C34H56FN3O6SSi2/c1-23(2)30-28(31(24-15-17-25(35)18-16-24)37-32(36-30)38(9)45(10,41)42)20-19-26(43-46(11,12)33(3,4)5)21-27(22-29(39)40)44-47(13,14)34(6,7)8/h15-20,23,26-27H,21-22H2,1-14H3,(H,39,40)/b20-19+/t26-,27+/m1/s1. The van der Waals surface area contributed by atoms with Crippen LogP contribution in [0.3, 0.4) is 0 Å². The van der Waals surface area contributed by atoms with Gasteiger partial charge in [0.15, 0.2) is 16.6 Å². The Kier molecular flexibility index (Phi) is 13.0. The second-order valence-corrected chi connectivity index (χ2v) is 27.2. The summed E-state index contributed by atoms with van der Waals surface area (Å²) >= 11 is 0. The summed E-state index contributed by atoms with van der Waals surface area (Å²) in [6.45, 7) is 25.2. The first kappa shape index (κ1) is 40.7. The van der Waals surface area contributed by atoms with Crippen LogP contribution in [0, 0.1) is 5.82 Å². The number of aromatic nitrogens is 2. The van der Waals surface area contributed by atoms with Gasteiger partial charge in [-0.25, -0.2) is 27.1 Å². The van der Waals surface area contributed by atoms with Crippen LogP contribution in [0.2, 0.25) is 36.3 Å². The third-order valence-corrected chi connectivity index (χ3v) is 19.5. The third-order valence-electron chi connectivity index (χ3n) is 9.30. The molecule has 9 nitrogen and oxygen atoms in total. The number of nitrogens with zero attached hydrogens (tertiary/aromatic N) is 3. The molecule has 2 aromatic rings. The van der Waals surface area contributed by atoms with Crippen molar-refractivity contribution < 1.29 is 31.6 Å². The van der Waals surface area contributed by atoms with E-state index in [1.54, 1.807) is 12.1 Å². The summed E-state index contributed by atoms with van der Waals surface area (Å²) in [7, 11) is -6.97. The van der Waals surface area contributed by atoms with Crippen LogP contribution in [0.4, 0.5) is 10.3 Å². The summed E-state index contributed by atoms with van der Waals surface area (Å²) in [6, 6.07) is 5.86. The minimum atomic E-state index is -3.67. The van der Waals surface area contributed by atoms with Crippen LogP contribution in [0.1, 0.15) is 85.4 Å². The van der Waals surface area contributed by atoms with Gasteiger partial charge in [-0.15, -0.1) is 0 Å². The minimum absolute atomic E-state index is 0.00559. The molecule has 1 aromatic carbocycles. The fourth-order valence-electron chi connectivity index (χ4n) is 4.34. The summed E-state index contributed by atoms with van der Waals surface area (Å²) in [5, 5.41) is 9.63. The Hall–Kier alpha value is -2.46. The molecule has 1 aromatic heterocycles. The number of hydrogen-bond acceptors (Lipinski definition) is 7. The van der Waals surface area contributed by atoms with Crippen molar-refractivity contribution in [3.63, 3.8) is 0 Å². The maximum Gasteiger partial charge on any atom is 0.305 e. The van der Waals surface area contributed by atoms with Gasteiger partial charge >= 0.3 is 5.97 Å². The average molecular weight is 710 g/mol. The lowest BCUT2D eigenvalue weighted by Crippen LogP contribution is -2.47. The quantitative estimate of drug-likeness (QED) is 0.194. The van der Waals surface area contributed by atoms with Crippen molar-refractivity contribution in [1.29, 1.82) is 0 Å². The molecule has 0 saturated heterocycles. The third kappa shape index (κ3) is 11.0. The molecule has 0 unspecified atom stereocenters. The number of carbonyl (C=O) groups is 1. The van der Waals surface area contributed by atoms with Crippen LogP contribution in [0.25, 0.3) is 17.3 Å². The van der Waals surface area contributed by atoms with E-state index in [0.717, 1.165) is 10.6 Å². The molecular weight excluding hydrogens is 654 g/mol. The fraction of sp³-hybridized carbons (Fsp3) is 0.618. The molecule has 1 N–H and O–H groups in total. The molecule has 2 rings (SSSR count). The van der Waals surface area contributed by atoms with E-state index in [4.69, 9.17) is 13.8 Å². The van der Waals surface area contributed by atoms with Crippen molar-refractivity contribution in [1.82, 2.24) is 9.97 Å². The maximum absolute atomic E-state index is 14.0. The van der Waals surface area contributed by atoms with Gasteiger partial charge in [-0.1, -0.05) is 67.5 Å². The first-order valence-corrected chi connectivity index (χ1v) is 23.7. The smallest absolute Gasteiger partial charge is 0.305 e. The van der Waals surface area contributed by atoms with Gasteiger partial charge in [0.25, 0.3) is 0 Å². The van der Waals surface area contributed by atoms with Crippen molar-refractivity contribution in [2.45, 2.75) is 123 Å². The zero-order valence-electron chi connectivity index (χ0n) is 30.7. The molecule has 0 aliphatic carbocycles. The number of halogens is 1. The number of benzene rings is 1. The van der Waals surface area contributed by atoms with E-state index in [2.05, 4.69) is 72.7 Å². The van der Waals surface area contributed by atoms with Crippen molar-refractivity contribution >= 4 is 44.7 Å². The van der Waals surface area contributed by atoms with Crippen LogP contribution >= 0.6 is 0 Å². The first-order valence-electron chi connectivity index (χ1n) is 16.0. The molecule has 0 aliphatic heterocycles. The summed E-state index contributed by atoms with van der Waals surface area (Å²) in [5.41, 5.74) is 2.27. The Morgan fingerprint density at radius 2 is 1.49 bits per heavy atom. The van der Waals surface area contributed by atoms with E-state index in [0.29, 0.717) is 28.9 Å². The Bertz CT molecular complexity index is 1530. The monoisotopic (exact) mass is 709 g/mol. The molecule has 47 heavy (non-hydrogen) atoms. The highest BCUT2D eigenvalue weighted by molar-refractivity contribution is 7.92. The van der Waals surface area contributed by atoms with E-state index < -0.39 is 50.7 Å². The number of sulfonamides is 1. The molecule has 13 heteroatoms. The Morgan fingerprint density at radius 3 is 1.94 bits per heavy atom. The van der Waals surface area contributed by atoms with E-state index in [-0.39, 0.29) is 28.4 Å². The number of carboxylic acids is 1. The maximum atomic E-state index is 14.0. The lowest BCUT2D eigenvalue weighted by atomic mass is 9.97. The Balaban J connectivity index is 2.83. The molecule has 1 heterocycles. The largest absolute Gasteiger partial charge is 0.481 e. The highest BCUT2D eigenvalue weighted by Crippen LogP contribution is 2.41. The lowest BCUT2D eigenvalue weighted by molar-refractivity contribution is -0.139. The molecule has 0 radical (unpaired) electrons. The summed E-state index contributed by atoms with van der Waals surface area (Å²) in [6.07, 6.45) is 3.94. The van der Waals surface area contributed by atoms with E-state index in [9.17, 15) is 22.7 Å². The topological polar surface area (TPSA) is 119 Å². The van der Waals surface area contributed by atoms with Crippen molar-refractivity contribution in [2.75, 3.05) is 17.6 Å². The predicted molar refractivity (Wildman–Crippen MR) is 195 cm³/mol. The second-order valence-electron chi connectivity index (χ2n) is 15.7. The molecule has 264 valence electrons. The van der Waals surface area contributed by atoms with Gasteiger partial charge < -0.3 is 14.0 Å². The minimum Gasteiger partial charge on any atom is -0.481 e. The lowest BCUT2D eigenvalue weighted by Gasteiger charge is -2.42. The zero-order valence-corrected chi connectivity index (χ0v) is 33.5. The highest BCUT2D eigenvalue weighted by atomic mass is 32.2. The summed E-state index contributed by atoms with van der Waals surface area (Å²) in [4.78, 5) is 21.4. The first-order chi connectivity index (χ1) is 21.2. The van der Waals surface area contributed by atoms with Crippen molar-refractivity contribution in [3.05, 3.63) is 47.4 Å². The number of aliphatic carboxylic acids is 1. The molecule has 0 bridgehead atoms. The van der Waals surface area contributed by atoms with Gasteiger partial charge in [-0.05, 0) is 66.4 Å². The van der Waals surface area contributed by atoms with Crippen molar-refractivity contribution in [3.8, 4) is 11.3 Å². The molecule has 0 spiro atoms. The number of carboxylic acid groups (broad SMARTS) is 1. The Labute approximate surface area is 284 Å². The summed E-state index contributed by atoms with van der Waals surface area (Å²) < 4.78 is 53.6. The molecule has 0 fully saturated rings. The molecular formula is C34H56FN3O6SSi2. The van der Waals surface area contributed by atoms with E-state index in [1.165, 1.54) is 19.2 Å². The summed E-state index contributed by atoms with van der Waals surface area (Å²) in [5.74, 6) is -1.48. The van der Waals surface area contributed by atoms with Crippen LogP contribution in [-0.4, -0.2) is 71.6 Å². The molecule has 0 amide bonds. The van der Waals surface area contributed by atoms with Crippen molar-refractivity contribution in [2.24, 2.45) is 0 Å². The van der Waals surface area contributed by atoms with Gasteiger partial charge in [0.05, 0.1) is 36.3 Å². The Morgan fingerprint density at radius 1 is 0.979 bits per heavy atom. The normalized spacial score (nSPS) is 14.9. The van der Waals surface area contributed by atoms with E-state index in [1.807, 2.05) is 26.0 Å². The van der Waals surface area contributed by atoms with E-state index >= 15 is 0 Å². The SMILES string of the molecule is CC(C)c1nc(N(C)S(C)(=O)=O)nc(-c2ccc(F)cc2)c1/C=C/[C@H](C[C@@H](CC(=O)O)O[Si](C)(C)C(C)(C)C)O[Si](C)(C)C(C)(C)C. The number of rotatable bonds is 14. The van der Waals surface area contributed by atoms with Crippen LogP contribution in [0.5, 0.6) is 0 Å². The van der Waals surface area contributed by atoms with Gasteiger partial charge in [0.2, 0.25) is 16.0 Å². The number of anilines is 1. The molecule has 0 aliphatic rings. The van der Waals surface area contributed by atoms with Gasteiger partial charge in [-0.3, -0.25) is 4.79 Å². The van der Waals surface area contributed by atoms with Crippen LogP contribution < -0.4 is 4.31 Å². The van der Waals surface area contributed by atoms with Gasteiger partial charge in [0.1, 0.15) is 5.82 Å². The predicted octanol–water partition coefficient (Wildman–Crippen LogP) is 8.46. The van der Waals surface area contributed by atoms with Crippen LogP contribution in [0.15, 0.2) is 30.3 Å². The molecule has 2 atom stereocenters. The average Bonchev–Trinajstić information content (AvgIpc) is 2.88. The number of hydrogen-bond donors (Lipinski definition) is 1. The second kappa shape index (κ2) is 15.0. The highest BCUT2D eigenvalue weighted by Gasteiger charge is 2.42. The molecule has 0 saturated carbocycles.